The van der Waals surface area contributed by atoms with Gasteiger partial charge in [-0.1, -0.05) is 24.4 Å². The average Bonchev–Trinajstić information content (AvgIpc) is 2.49. The Hall–Kier alpha value is -0.440. The lowest BCUT2D eigenvalue weighted by atomic mass is 10.2. The maximum atomic E-state index is 5.93. The van der Waals surface area contributed by atoms with Gasteiger partial charge in [-0.25, -0.2) is 0 Å². The van der Waals surface area contributed by atoms with Crippen LogP contribution in [0.4, 0.5) is 5.69 Å². The van der Waals surface area contributed by atoms with E-state index in [-0.39, 0.29) is 0 Å². The molecule has 0 aromatic heterocycles. The third-order valence-electron chi connectivity index (χ3n) is 3.92. The fourth-order valence-electron chi connectivity index (χ4n) is 2.67. The quantitative estimate of drug-likeness (QED) is 0.548. The number of unbranched alkanes of at least 4 members (excludes halogenated alkanes) is 3. The summed E-state index contributed by atoms with van der Waals surface area (Å²) in [6, 6.07) is 8.18. The lowest BCUT2D eigenvalue weighted by Gasteiger charge is -2.36. The minimum Gasteiger partial charge on any atom is -0.369 e. The minimum absolute atomic E-state index is 0.805. The molecule has 0 saturated carbocycles. The predicted molar refractivity (Wildman–Crippen MR) is 89.3 cm³/mol. The molecule has 112 valence electrons. The van der Waals surface area contributed by atoms with Crippen molar-refractivity contribution in [1.82, 2.24) is 4.90 Å². The van der Waals surface area contributed by atoms with Gasteiger partial charge in [0, 0.05) is 42.8 Å². The van der Waals surface area contributed by atoms with Crippen molar-refractivity contribution in [3.63, 3.8) is 0 Å². The van der Waals surface area contributed by atoms with Crippen molar-refractivity contribution in [1.29, 1.82) is 0 Å². The summed E-state index contributed by atoms with van der Waals surface area (Å²) in [5.41, 5.74) is 1.29. The highest BCUT2D eigenvalue weighted by Gasteiger charge is 2.16. The van der Waals surface area contributed by atoms with E-state index in [1.165, 1.54) is 31.5 Å². The first-order chi connectivity index (χ1) is 9.79. The summed E-state index contributed by atoms with van der Waals surface area (Å²) in [6.07, 6.45) is 5.04. The fraction of sp³-hybridized carbons (Fsp3) is 0.625. The highest BCUT2D eigenvalue weighted by Crippen LogP contribution is 2.19. The number of nitrogens with zero attached hydrogens (tertiary/aromatic N) is 2. The van der Waals surface area contributed by atoms with Crippen LogP contribution in [-0.4, -0.2) is 43.5 Å². The Balaban J connectivity index is 1.66. The van der Waals surface area contributed by atoms with Crippen LogP contribution < -0.4 is 4.90 Å². The van der Waals surface area contributed by atoms with Crippen LogP contribution >= 0.6 is 23.2 Å². The van der Waals surface area contributed by atoms with Crippen LogP contribution in [0.1, 0.15) is 25.7 Å². The summed E-state index contributed by atoms with van der Waals surface area (Å²) in [5, 5.41) is 0.810. The number of hydrogen-bond donors (Lipinski definition) is 0. The van der Waals surface area contributed by atoms with Crippen molar-refractivity contribution >= 4 is 28.9 Å². The molecule has 1 aliphatic rings. The van der Waals surface area contributed by atoms with E-state index < -0.39 is 0 Å². The van der Waals surface area contributed by atoms with Gasteiger partial charge >= 0.3 is 0 Å². The van der Waals surface area contributed by atoms with E-state index in [4.69, 9.17) is 23.2 Å². The molecule has 4 heteroatoms. The van der Waals surface area contributed by atoms with E-state index in [9.17, 15) is 0 Å². The molecule has 0 spiro atoms. The Labute approximate surface area is 132 Å². The van der Waals surface area contributed by atoms with Gasteiger partial charge in [0.2, 0.25) is 0 Å². The van der Waals surface area contributed by atoms with Gasteiger partial charge in [-0.15, -0.1) is 11.6 Å². The second-order valence-corrected chi connectivity index (χ2v) is 6.22. The second-order valence-electron chi connectivity index (χ2n) is 5.41. The van der Waals surface area contributed by atoms with Gasteiger partial charge < -0.3 is 4.90 Å². The number of anilines is 1. The molecule has 0 atom stereocenters. The first-order valence-corrected chi connectivity index (χ1v) is 8.49. The summed E-state index contributed by atoms with van der Waals surface area (Å²) in [6.45, 7) is 5.79. The normalized spacial score (nSPS) is 16.6. The zero-order chi connectivity index (χ0) is 14.2. The molecule has 0 N–H and O–H groups in total. The molecule has 1 saturated heterocycles. The standard InChI is InChI=1S/C16H24Cl2N2/c17-9-3-1-2-4-10-19-11-13-20(14-12-19)16-7-5-15(18)6-8-16/h5-8H,1-4,9-14H2. The monoisotopic (exact) mass is 314 g/mol. The Morgan fingerprint density at radius 1 is 0.850 bits per heavy atom. The van der Waals surface area contributed by atoms with Crippen LogP contribution in [0.2, 0.25) is 5.02 Å². The molecule has 0 unspecified atom stereocenters. The Bertz CT molecular complexity index is 373. The van der Waals surface area contributed by atoms with Gasteiger partial charge in [-0.3, -0.25) is 4.90 Å². The Morgan fingerprint density at radius 2 is 1.50 bits per heavy atom. The molecule has 20 heavy (non-hydrogen) atoms. The molecule has 1 aromatic rings. The molecule has 1 aliphatic heterocycles. The zero-order valence-electron chi connectivity index (χ0n) is 12.0. The number of benzene rings is 1. The minimum atomic E-state index is 0.805. The van der Waals surface area contributed by atoms with E-state index >= 15 is 0 Å². The second kappa shape index (κ2) is 8.76. The van der Waals surface area contributed by atoms with Gasteiger partial charge in [0.15, 0.2) is 0 Å². The van der Waals surface area contributed by atoms with E-state index in [2.05, 4.69) is 21.9 Å². The topological polar surface area (TPSA) is 6.48 Å². The first kappa shape index (κ1) is 15.9. The maximum absolute atomic E-state index is 5.93. The van der Waals surface area contributed by atoms with Gasteiger partial charge in [-0.05, 0) is 43.7 Å². The summed E-state index contributed by atoms with van der Waals surface area (Å²) < 4.78 is 0. The van der Waals surface area contributed by atoms with E-state index in [1.807, 2.05) is 12.1 Å². The van der Waals surface area contributed by atoms with E-state index in [0.29, 0.717) is 0 Å². The first-order valence-electron chi connectivity index (χ1n) is 7.58. The molecule has 0 radical (unpaired) electrons. The van der Waals surface area contributed by atoms with Crippen LogP contribution in [0, 0.1) is 0 Å². The lowest BCUT2D eigenvalue weighted by Crippen LogP contribution is -2.46. The SMILES string of the molecule is ClCCCCCCN1CCN(c2ccc(Cl)cc2)CC1. The molecule has 0 bridgehead atoms. The lowest BCUT2D eigenvalue weighted by molar-refractivity contribution is 0.252. The number of hydrogen-bond acceptors (Lipinski definition) is 2. The van der Waals surface area contributed by atoms with E-state index in [1.54, 1.807) is 0 Å². The molecular formula is C16H24Cl2N2. The largest absolute Gasteiger partial charge is 0.369 e. The number of rotatable bonds is 7. The summed E-state index contributed by atoms with van der Waals surface area (Å²) in [7, 11) is 0. The molecule has 1 aromatic carbocycles. The molecule has 0 amide bonds. The number of piperazine rings is 1. The van der Waals surface area contributed by atoms with Crippen LogP contribution in [0.5, 0.6) is 0 Å². The molecule has 1 fully saturated rings. The van der Waals surface area contributed by atoms with Crippen molar-refractivity contribution in [2.45, 2.75) is 25.7 Å². The van der Waals surface area contributed by atoms with E-state index in [0.717, 1.165) is 43.5 Å². The highest BCUT2D eigenvalue weighted by atomic mass is 35.5. The van der Waals surface area contributed by atoms with Crippen molar-refractivity contribution in [2.24, 2.45) is 0 Å². The van der Waals surface area contributed by atoms with Crippen LogP contribution in [0.15, 0.2) is 24.3 Å². The molecule has 2 rings (SSSR count). The Morgan fingerprint density at radius 3 is 2.15 bits per heavy atom. The fourth-order valence-corrected chi connectivity index (χ4v) is 2.98. The molecule has 2 nitrogen and oxygen atoms in total. The molecule has 1 heterocycles. The predicted octanol–water partition coefficient (Wildman–Crippen LogP) is 4.26. The van der Waals surface area contributed by atoms with Crippen molar-refractivity contribution in [2.75, 3.05) is 43.5 Å². The average molecular weight is 315 g/mol. The Kier molecular flexibility index (Phi) is 6.98. The van der Waals surface area contributed by atoms with Gasteiger partial charge in [0.1, 0.15) is 0 Å². The third kappa shape index (κ3) is 5.16. The smallest absolute Gasteiger partial charge is 0.0407 e. The zero-order valence-corrected chi connectivity index (χ0v) is 13.5. The summed E-state index contributed by atoms with van der Waals surface area (Å²) in [5.74, 6) is 0.805. The highest BCUT2D eigenvalue weighted by molar-refractivity contribution is 6.30. The van der Waals surface area contributed by atoms with Crippen molar-refractivity contribution in [3.05, 3.63) is 29.3 Å². The van der Waals surface area contributed by atoms with Gasteiger partial charge in [0.25, 0.3) is 0 Å². The third-order valence-corrected chi connectivity index (χ3v) is 4.44. The maximum Gasteiger partial charge on any atom is 0.0407 e. The van der Waals surface area contributed by atoms with Crippen molar-refractivity contribution < 1.29 is 0 Å². The number of alkyl halides is 1. The van der Waals surface area contributed by atoms with Crippen molar-refractivity contribution in [3.8, 4) is 0 Å². The van der Waals surface area contributed by atoms with Gasteiger partial charge in [0.05, 0.1) is 0 Å². The van der Waals surface area contributed by atoms with Crippen LogP contribution in [0.25, 0.3) is 0 Å². The summed E-state index contributed by atoms with van der Waals surface area (Å²) >= 11 is 11.6. The molecular weight excluding hydrogens is 291 g/mol. The van der Waals surface area contributed by atoms with Crippen LogP contribution in [-0.2, 0) is 0 Å². The van der Waals surface area contributed by atoms with Crippen LogP contribution in [0.3, 0.4) is 0 Å². The molecule has 0 aliphatic carbocycles. The van der Waals surface area contributed by atoms with Gasteiger partial charge in [-0.2, -0.15) is 0 Å². The number of halogens is 2. The summed E-state index contributed by atoms with van der Waals surface area (Å²) in [4.78, 5) is 5.02.